The first-order valence-corrected chi connectivity index (χ1v) is 11.9. The second-order valence-corrected chi connectivity index (χ2v) is 9.03. The van der Waals surface area contributed by atoms with Gasteiger partial charge in [0.05, 0.1) is 11.7 Å². The number of thiophene rings is 1. The number of anilines is 1. The first-order chi connectivity index (χ1) is 16.8. The summed E-state index contributed by atoms with van der Waals surface area (Å²) in [6, 6.07) is 15.0. The summed E-state index contributed by atoms with van der Waals surface area (Å²) in [5.74, 6) is -0.189. The number of nitrogens with one attached hydrogen (secondary N) is 1. The van der Waals surface area contributed by atoms with Gasteiger partial charge in [0.25, 0.3) is 5.56 Å². The standard InChI is InChI=1S/C26H25N3O5S/c1-16-8-7-9-17(2)22(16)28-20(30)14-29-15-27-24-21(25(29)31)18(3)23(35-24)26(32)34-13-12-33-19-10-5-4-6-11-19/h4-11,15H,12-14H2,1-3H3,(H,28,30). The topological polar surface area (TPSA) is 99.5 Å². The van der Waals surface area contributed by atoms with E-state index in [9.17, 15) is 14.4 Å². The van der Waals surface area contributed by atoms with Crippen molar-refractivity contribution in [2.24, 2.45) is 0 Å². The van der Waals surface area contributed by atoms with E-state index in [0.717, 1.165) is 28.2 Å². The fourth-order valence-electron chi connectivity index (χ4n) is 3.69. The van der Waals surface area contributed by atoms with Gasteiger partial charge in [0, 0.05) is 5.69 Å². The fraction of sp³-hybridized carbons (Fsp3) is 0.231. The second kappa shape index (κ2) is 10.5. The molecule has 180 valence electrons. The van der Waals surface area contributed by atoms with Gasteiger partial charge in [-0.2, -0.15) is 0 Å². The molecular weight excluding hydrogens is 466 g/mol. The van der Waals surface area contributed by atoms with Gasteiger partial charge in [-0.3, -0.25) is 14.2 Å². The van der Waals surface area contributed by atoms with Gasteiger partial charge in [-0.25, -0.2) is 9.78 Å². The maximum atomic E-state index is 13.1. The van der Waals surface area contributed by atoms with Crippen LogP contribution in [0.25, 0.3) is 10.2 Å². The molecule has 0 unspecified atom stereocenters. The van der Waals surface area contributed by atoms with E-state index in [2.05, 4.69) is 10.3 Å². The van der Waals surface area contributed by atoms with Crippen molar-refractivity contribution in [2.45, 2.75) is 27.3 Å². The normalized spacial score (nSPS) is 10.8. The van der Waals surface area contributed by atoms with Crippen LogP contribution in [0, 0.1) is 20.8 Å². The van der Waals surface area contributed by atoms with Crippen LogP contribution in [0.15, 0.2) is 59.7 Å². The number of aromatic nitrogens is 2. The lowest BCUT2D eigenvalue weighted by Crippen LogP contribution is -2.28. The highest BCUT2D eigenvalue weighted by atomic mass is 32.1. The van der Waals surface area contributed by atoms with Crippen LogP contribution in [0.1, 0.15) is 26.4 Å². The Kier molecular flexibility index (Phi) is 7.26. The molecule has 0 aliphatic carbocycles. The summed E-state index contributed by atoms with van der Waals surface area (Å²) in [7, 11) is 0. The Morgan fingerprint density at radius 2 is 1.71 bits per heavy atom. The predicted octanol–water partition coefficient (Wildman–Crippen LogP) is 4.26. The summed E-state index contributed by atoms with van der Waals surface area (Å²) in [5.41, 5.74) is 2.70. The number of benzene rings is 2. The van der Waals surface area contributed by atoms with E-state index in [0.29, 0.717) is 26.4 Å². The highest BCUT2D eigenvalue weighted by Crippen LogP contribution is 2.27. The molecule has 0 aliphatic heterocycles. The smallest absolute Gasteiger partial charge is 0.348 e. The van der Waals surface area contributed by atoms with Crippen LogP contribution in [-0.2, 0) is 16.1 Å². The van der Waals surface area contributed by atoms with Gasteiger partial charge in [-0.1, -0.05) is 36.4 Å². The molecule has 35 heavy (non-hydrogen) atoms. The lowest BCUT2D eigenvalue weighted by Gasteiger charge is -2.12. The molecule has 1 amide bonds. The molecule has 0 saturated heterocycles. The molecule has 2 aromatic carbocycles. The van der Waals surface area contributed by atoms with Gasteiger partial charge in [0.15, 0.2) is 0 Å². The zero-order chi connectivity index (χ0) is 24.9. The number of hydrogen-bond donors (Lipinski definition) is 1. The van der Waals surface area contributed by atoms with Gasteiger partial charge in [0.2, 0.25) is 5.91 Å². The molecule has 0 bridgehead atoms. The largest absolute Gasteiger partial charge is 0.490 e. The molecule has 4 rings (SSSR count). The molecule has 9 heteroatoms. The molecule has 0 aliphatic rings. The lowest BCUT2D eigenvalue weighted by atomic mass is 10.1. The van der Waals surface area contributed by atoms with Gasteiger partial charge >= 0.3 is 5.97 Å². The number of fused-ring (bicyclic) bond motifs is 1. The van der Waals surface area contributed by atoms with Gasteiger partial charge in [0.1, 0.15) is 35.2 Å². The van der Waals surface area contributed by atoms with Crippen molar-refractivity contribution in [3.63, 3.8) is 0 Å². The highest BCUT2D eigenvalue weighted by Gasteiger charge is 2.21. The molecule has 2 heterocycles. The monoisotopic (exact) mass is 491 g/mol. The zero-order valence-corrected chi connectivity index (χ0v) is 20.5. The number of carbonyl (C=O) groups is 2. The van der Waals surface area contributed by atoms with Gasteiger partial charge in [-0.15, -0.1) is 11.3 Å². The van der Waals surface area contributed by atoms with Crippen molar-refractivity contribution in [3.8, 4) is 5.75 Å². The Labute approximate surface area is 206 Å². The number of rotatable bonds is 8. The van der Waals surface area contributed by atoms with E-state index >= 15 is 0 Å². The molecule has 0 radical (unpaired) electrons. The molecule has 0 spiro atoms. The third kappa shape index (κ3) is 5.41. The summed E-state index contributed by atoms with van der Waals surface area (Å²) in [5, 5.41) is 3.18. The van der Waals surface area contributed by atoms with E-state index in [1.54, 1.807) is 6.92 Å². The Hall–Kier alpha value is -3.98. The van der Waals surface area contributed by atoms with Crippen LogP contribution >= 0.6 is 11.3 Å². The van der Waals surface area contributed by atoms with E-state index in [1.807, 2.05) is 62.4 Å². The van der Waals surface area contributed by atoms with Crippen LogP contribution in [0.4, 0.5) is 5.69 Å². The molecule has 0 fully saturated rings. The molecule has 0 atom stereocenters. The minimum atomic E-state index is -0.541. The predicted molar refractivity (Wildman–Crippen MR) is 135 cm³/mol. The van der Waals surface area contributed by atoms with E-state index in [4.69, 9.17) is 9.47 Å². The Balaban J connectivity index is 1.45. The summed E-state index contributed by atoms with van der Waals surface area (Å²) < 4.78 is 12.1. The number of para-hydroxylation sites is 2. The van der Waals surface area contributed by atoms with Crippen molar-refractivity contribution >= 4 is 39.1 Å². The minimum Gasteiger partial charge on any atom is -0.490 e. The highest BCUT2D eigenvalue weighted by molar-refractivity contribution is 7.20. The van der Waals surface area contributed by atoms with Crippen LogP contribution in [0.5, 0.6) is 5.75 Å². The number of aryl methyl sites for hydroxylation is 3. The second-order valence-electron chi connectivity index (χ2n) is 8.03. The average Bonchev–Trinajstić information content (AvgIpc) is 3.19. The number of nitrogens with zero attached hydrogens (tertiary/aromatic N) is 2. The lowest BCUT2D eigenvalue weighted by molar-refractivity contribution is -0.116. The Bertz CT molecular complexity index is 1420. The zero-order valence-electron chi connectivity index (χ0n) is 19.7. The van der Waals surface area contributed by atoms with Crippen LogP contribution in [0.2, 0.25) is 0 Å². The van der Waals surface area contributed by atoms with Crippen molar-refractivity contribution in [3.05, 3.63) is 86.8 Å². The summed E-state index contributed by atoms with van der Waals surface area (Å²) in [4.78, 5) is 43.4. The third-order valence-corrected chi connectivity index (χ3v) is 6.67. The first kappa shape index (κ1) is 24.2. The first-order valence-electron chi connectivity index (χ1n) is 11.0. The Morgan fingerprint density at radius 3 is 2.43 bits per heavy atom. The summed E-state index contributed by atoms with van der Waals surface area (Å²) in [6.07, 6.45) is 1.33. The van der Waals surface area contributed by atoms with Crippen molar-refractivity contribution in [1.29, 1.82) is 0 Å². The summed E-state index contributed by atoms with van der Waals surface area (Å²) in [6.45, 7) is 5.58. The number of carbonyl (C=O) groups excluding carboxylic acids is 2. The SMILES string of the molecule is Cc1cccc(C)c1NC(=O)Cn1cnc2sc(C(=O)OCCOc3ccccc3)c(C)c2c1=O. The van der Waals surface area contributed by atoms with E-state index < -0.39 is 5.97 Å². The van der Waals surface area contributed by atoms with E-state index in [-0.39, 0.29) is 31.2 Å². The molecule has 2 aromatic heterocycles. The molecule has 0 saturated carbocycles. The van der Waals surface area contributed by atoms with E-state index in [1.165, 1.54) is 10.9 Å². The maximum absolute atomic E-state index is 13.1. The third-order valence-electron chi connectivity index (χ3n) is 5.49. The Morgan fingerprint density at radius 1 is 1.00 bits per heavy atom. The number of amides is 1. The average molecular weight is 492 g/mol. The number of ether oxygens (including phenoxy) is 2. The summed E-state index contributed by atoms with van der Waals surface area (Å²) >= 11 is 1.09. The minimum absolute atomic E-state index is 0.0670. The molecule has 4 aromatic rings. The van der Waals surface area contributed by atoms with Gasteiger partial charge < -0.3 is 14.8 Å². The van der Waals surface area contributed by atoms with Gasteiger partial charge in [-0.05, 0) is 49.6 Å². The molecule has 8 nitrogen and oxygen atoms in total. The fourth-order valence-corrected chi connectivity index (χ4v) is 4.72. The van der Waals surface area contributed by atoms with Crippen LogP contribution in [0.3, 0.4) is 0 Å². The van der Waals surface area contributed by atoms with Crippen molar-refractivity contribution in [2.75, 3.05) is 18.5 Å². The quantitative estimate of drug-likeness (QED) is 0.292. The van der Waals surface area contributed by atoms with Crippen LogP contribution in [-0.4, -0.2) is 34.6 Å². The van der Waals surface area contributed by atoms with Crippen LogP contribution < -0.4 is 15.6 Å². The van der Waals surface area contributed by atoms with Crippen molar-refractivity contribution < 1.29 is 19.1 Å². The molecule has 1 N–H and O–H groups in total. The molecular formula is C26H25N3O5S. The van der Waals surface area contributed by atoms with Crippen molar-refractivity contribution in [1.82, 2.24) is 9.55 Å². The maximum Gasteiger partial charge on any atom is 0.348 e. The number of hydrogen-bond acceptors (Lipinski definition) is 7. The number of esters is 1.